The summed E-state index contributed by atoms with van der Waals surface area (Å²) in [5, 5.41) is 0. The molecule has 19 heavy (non-hydrogen) atoms. The summed E-state index contributed by atoms with van der Waals surface area (Å²) >= 11 is 0. The largest absolute Gasteiger partial charge is 0.341 e. The summed E-state index contributed by atoms with van der Waals surface area (Å²) in [4.78, 5) is 14.4. The van der Waals surface area contributed by atoms with Crippen LogP contribution in [0.4, 0.5) is 0 Å². The molecular weight excluding hydrogens is 260 g/mol. The number of nitrogens with zero attached hydrogens (tertiary/aromatic N) is 1. The molecule has 3 nitrogen and oxygen atoms in total. The Bertz CT molecular complexity index is 281. The quantitative estimate of drug-likeness (QED) is 0.845. The zero-order valence-corrected chi connectivity index (χ0v) is 13.8. The van der Waals surface area contributed by atoms with E-state index in [2.05, 4.69) is 27.7 Å². The second-order valence-corrected chi connectivity index (χ2v) is 6.34. The summed E-state index contributed by atoms with van der Waals surface area (Å²) in [6.07, 6.45) is 5.72. The average molecular weight is 291 g/mol. The zero-order valence-electron chi connectivity index (χ0n) is 12.9. The molecule has 1 rings (SSSR count). The summed E-state index contributed by atoms with van der Waals surface area (Å²) < 4.78 is 0. The van der Waals surface area contributed by atoms with Gasteiger partial charge in [0.1, 0.15) is 0 Å². The lowest BCUT2D eigenvalue weighted by atomic mass is 9.78. The highest BCUT2D eigenvalue weighted by Gasteiger charge is 2.34. The van der Waals surface area contributed by atoms with Gasteiger partial charge in [-0.2, -0.15) is 0 Å². The second-order valence-electron chi connectivity index (χ2n) is 6.34. The third-order valence-electron chi connectivity index (χ3n) is 4.49. The Hall–Kier alpha value is -0.280. The predicted octanol–water partition coefficient (Wildman–Crippen LogP) is 3.21. The molecule has 0 aromatic heterocycles. The maximum atomic E-state index is 12.4. The van der Waals surface area contributed by atoms with Crippen molar-refractivity contribution in [2.45, 2.75) is 65.8 Å². The molecule has 3 unspecified atom stereocenters. The number of piperidine rings is 1. The first-order chi connectivity index (χ1) is 8.43. The Kier molecular flexibility index (Phi) is 7.99. The zero-order chi connectivity index (χ0) is 13.8. The second kappa shape index (κ2) is 8.11. The Morgan fingerprint density at radius 3 is 2.58 bits per heavy atom. The number of halogens is 1. The van der Waals surface area contributed by atoms with E-state index < -0.39 is 0 Å². The summed E-state index contributed by atoms with van der Waals surface area (Å²) in [7, 11) is 0. The molecule has 0 aromatic rings. The van der Waals surface area contributed by atoms with E-state index in [-0.39, 0.29) is 30.3 Å². The highest BCUT2D eigenvalue weighted by Crippen LogP contribution is 2.34. The third-order valence-corrected chi connectivity index (χ3v) is 4.49. The van der Waals surface area contributed by atoms with Gasteiger partial charge in [-0.25, -0.2) is 0 Å². The van der Waals surface area contributed by atoms with E-state index in [1.807, 2.05) is 4.90 Å². The summed E-state index contributed by atoms with van der Waals surface area (Å²) in [6.45, 7) is 10.5. The van der Waals surface area contributed by atoms with Crippen LogP contribution in [0.1, 0.15) is 59.8 Å². The maximum absolute atomic E-state index is 12.4. The van der Waals surface area contributed by atoms with Gasteiger partial charge in [0, 0.05) is 13.1 Å². The van der Waals surface area contributed by atoms with Gasteiger partial charge in [-0.05, 0) is 30.6 Å². The van der Waals surface area contributed by atoms with E-state index in [4.69, 9.17) is 5.73 Å². The molecule has 0 saturated carbocycles. The van der Waals surface area contributed by atoms with E-state index in [0.717, 1.165) is 25.9 Å². The number of hydrogen-bond donors (Lipinski definition) is 1. The smallest absolute Gasteiger partial charge is 0.239 e. The van der Waals surface area contributed by atoms with Crippen LogP contribution in [0.2, 0.25) is 0 Å². The van der Waals surface area contributed by atoms with Crippen molar-refractivity contribution in [1.29, 1.82) is 0 Å². The van der Waals surface area contributed by atoms with E-state index >= 15 is 0 Å². The average Bonchev–Trinajstić information content (AvgIpc) is 2.36. The fourth-order valence-electron chi connectivity index (χ4n) is 3.02. The molecule has 114 valence electrons. The topological polar surface area (TPSA) is 46.3 Å². The fraction of sp³-hybridized carbons (Fsp3) is 0.933. The standard InChI is InChI=1S/C15H30N2O.ClH/c1-5-8-15(4)9-7-10-17(11-15)14(18)13(16)12(3)6-2;/h12-13H,5-11,16H2,1-4H3;1H. The lowest BCUT2D eigenvalue weighted by Gasteiger charge is -2.42. The number of likely N-dealkylation sites (tertiary alicyclic amines) is 1. The number of rotatable bonds is 5. The monoisotopic (exact) mass is 290 g/mol. The van der Waals surface area contributed by atoms with Crippen molar-refractivity contribution in [2.24, 2.45) is 17.1 Å². The van der Waals surface area contributed by atoms with Gasteiger partial charge < -0.3 is 10.6 Å². The highest BCUT2D eigenvalue weighted by atomic mass is 35.5. The Balaban J connectivity index is 0.00000324. The van der Waals surface area contributed by atoms with Crippen molar-refractivity contribution in [2.75, 3.05) is 13.1 Å². The van der Waals surface area contributed by atoms with Crippen LogP contribution in [-0.4, -0.2) is 29.9 Å². The maximum Gasteiger partial charge on any atom is 0.239 e. The molecule has 1 aliphatic rings. The Labute approximate surface area is 124 Å². The van der Waals surface area contributed by atoms with Crippen LogP contribution in [0.3, 0.4) is 0 Å². The lowest BCUT2D eigenvalue weighted by Crippen LogP contribution is -2.52. The van der Waals surface area contributed by atoms with Gasteiger partial charge in [-0.3, -0.25) is 4.79 Å². The van der Waals surface area contributed by atoms with Crippen molar-refractivity contribution >= 4 is 18.3 Å². The van der Waals surface area contributed by atoms with E-state index in [0.29, 0.717) is 5.41 Å². The van der Waals surface area contributed by atoms with Gasteiger partial charge in [0.2, 0.25) is 5.91 Å². The van der Waals surface area contributed by atoms with Gasteiger partial charge >= 0.3 is 0 Å². The van der Waals surface area contributed by atoms with Crippen LogP contribution < -0.4 is 5.73 Å². The van der Waals surface area contributed by atoms with Gasteiger partial charge in [-0.15, -0.1) is 12.4 Å². The van der Waals surface area contributed by atoms with E-state index in [1.54, 1.807) is 0 Å². The van der Waals surface area contributed by atoms with E-state index in [9.17, 15) is 4.79 Å². The first-order valence-corrected chi connectivity index (χ1v) is 7.48. The molecule has 3 atom stereocenters. The van der Waals surface area contributed by atoms with Crippen LogP contribution in [0.15, 0.2) is 0 Å². The molecule has 4 heteroatoms. The molecule has 2 N–H and O–H groups in total. The highest BCUT2D eigenvalue weighted by molar-refractivity contribution is 5.85. The number of amides is 1. The molecule has 0 radical (unpaired) electrons. The number of hydrogen-bond acceptors (Lipinski definition) is 2. The molecule has 1 saturated heterocycles. The van der Waals surface area contributed by atoms with Crippen molar-refractivity contribution in [1.82, 2.24) is 4.90 Å². The molecule has 1 heterocycles. The lowest BCUT2D eigenvalue weighted by molar-refractivity contribution is -0.137. The third kappa shape index (κ3) is 4.96. The molecule has 0 aliphatic carbocycles. The molecule has 1 fully saturated rings. The number of nitrogens with two attached hydrogens (primary N) is 1. The Morgan fingerprint density at radius 1 is 1.42 bits per heavy atom. The summed E-state index contributed by atoms with van der Waals surface area (Å²) in [6, 6.07) is -0.320. The minimum absolute atomic E-state index is 0. The molecule has 0 aromatic carbocycles. The Morgan fingerprint density at radius 2 is 2.05 bits per heavy atom. The van der Waals surface area contributed by atoms with E-state index in [1.165, 1.54) is 19.3 Å². The van der Waals surface area contributed by atoms with Crippen molar-refractivity contribution in [3.8, 4) is 0 Å². The van der Waals surface area contributed by atoms with Crippen molar-refractivity contribution in [3.05, 3.63) is 0 Å². The molecular formula is C15H31ClN2O. The van der Waals surface area contributed by atoms with Crippen LogP contribution in [-0.2, 0) is 4.79 Å². The van der Waals surface area contributed by atoms with Gasteiger partial charge in [0.05, 0.1) is 6.04 Å². The number of carbonyl (C=O) groups excluding carboxylic acids is 1. The van der Waals surface area contributed by atoms with Gasteiger partial charge in [-0.1, -0.05) is 40.5 Å². The van der Waals surface area contributed by atoms with Crippen molar-refractivity contribution in [3.63, 3.8) is 0 Å². The molecule has 1 amide bonds. The molecule has 0 bridgehead atoms. The fourth-order valence-corrected chi connectivity index (χ4v) is 3.02. The van der Waals surface area contributed by atoms with Crippen LogP contribution >= 0.6 is 12.4 Å². The molecule has 0 spiro atoms. The first-order valence-electron chi connectivity index (χ1n) is 7.48. The summed E-state index contributed by atoms with van der Waals surface area (Å²) in [5.41, 5.74) is 6.38. The van der Waals surface area contributed by atoms with Gasteiger partial charge in [0.15, 0.2) is 0 Å². The van der Waals surface area contributed by atoms with Crippen molar-refractivity contribution < 1.29 is 4.79 Å². The summed E-state index contributed by atoms with van der Waals surface area (Å²) in [5.74, 6) is 0.434. The van der Waals surface area contributed by atoms with Crippen LogP contribution in [0, 0.1) is 11.3 Å². The van der Waals surface area contributed by atoms with Crippen LogP contribution in [0.25, 0.3) is 0 Å². The predicted molar refractivity (Wildman–Crippen MR) is 83.5 cm³/mol. The SMILES string of the molecule is CCCC1(C)CCCN(C(=O)C(N)C(C)CC)C1.Cl. The minimum atomic E-state index is -0.320. The molecule has 1 aliphatic heterocycles. The first kappa shape index (κ1) is 18.7. The van der Waals surface area contributed by atoms with Gasteiger partial charge in [0.25, 0.3) is 0 Å². The number of carbonyl (C=O) groups is 1. The normalized spacial score (nSPS) is 26.5. The van der Waals surface area contributed by atoms with Crippen LogP contribution in [0.5, 0.6) is 0 Å². The minimum Gasteiger partial charge on any atom is -0.341 e.